The van der Waals surface area contributed by atoms with E-state index in [-0.39, 0.29) is 0 Å². The van der Waals surface area contributed by atoms with Crippen LogP contribution in [0.5, 0.6) is 5.75 Å². The molecule has 2 unspecified atom stereocenters. The van der Waals surface area contributed by atoms with Gasteiger partial charge in [0.15, 0.2) is 0 Å². The van der Waals surface area contributed by atoms with Gasteiger partial charge >= 0.3 is 0 Å². The number of benzene rings is 1. The molecule has 3 rings (SSSR count). The lowest BCUT2D eigenvalue weighted by Gasteiger charge is -2.41. The van der Waals surface area contributed by atoms with E-state index in [2.05, 4.69) is 18.9 Å². The minimum Gasteiger partial charge on any atom is -0.490 e. The van der Waals surface area contributed by atoms with Crippen molar-refractivity contribution < 1.29 is 9.84 Å². The summed E-state index contributed by atoms with van der Waals surface area (Å²) >= 11 is 0. The molecule has 3 nitrogen and oxygen atoms in total. The minimum atomic E-state index is -0.677. The molecule has 2 atom stereocenters. The van der Waals surface area contributed by atoms with Crippen LogP contribution < -0.4 is 4.74 Å². The van der Waals surface area contributed by atoms with Crippen LogP contribution in [0.3, 0.4) is 0 Å². The van der Waals surface area contributed by atoms with Crippen molar-refractivity contribution in [3.63, 3.8) is 0 Å². The molecule has 1 aliphatic carbocycles. The summed E-state index contributed by atoms with van der Waals surface area (Å²) in [6.45, 7) is 3.12. The molecule has 1 saturated heterocycles. The van der Waals surface area contributed by atoms with Gasteiger partial charge in [0, 0.05) is 12.6 Å². The topological polar surface area (TPSA) is 32.7 Å². The van der Waals surface area contributed by atoms with Gasteiger partial charge in [-0.3, -0.25) is 0 Å². The summed E-state index contributed by atoms with van der Waals surface area (Å²) < 4.78 is 5.75. The second kappa shape index (κ2) is 4.80. The number of hydrogen-bond donors (Lipinski definition) is 1. The van der Waals surface area contributed by atoms with Gasteiger partial charge in [0.2, 0.25) is 0 Å². The zero-order valence-electron chi connectivity index (χ0n) is 11.8. The SMILES string of the molecule is CC1CC(O)(c2ccc(OC3CC3)cc2)CCN1C. The summed E-state index contributed by atoms with van der Waals surface area (Å²) in [5.41, 5.74) is 0.347. The largest absolute Gasteiger partial charge is 0.490 e. The van der Waals surface area contributed by atoms with Crippen LogP contribution in [0.15, 0.2) is 24.3 Å². The van der Waals surface area contributed by atoms with Gasteiger partial charge in [-0.1, -0.05) is 12.1 Å². The fourth-order valence-electron chi connectivity index (χ4n) is 2.81. The molecule has 0 bridgehead atoms. The molecular weight excluding hydrogens is 238 g/mol. The summed E-state index contributed by atoms with van der Waals surface area (Å²) in [4.78, 5) is 2.30. The van der Waals surface area contributed by atoms with Crippen LogP contribution in [0.2, 0.25) is 0 Å². The molecule has 0 aromatic heterocycles. The third-order valence-corrected chi connectivity index (χ3v) is 4.48. The summed E-state index contributed by atoms with van der Waals surface area (Å²) in [7, 11) is 2.12. The third kappa shape index (κ3) is 2.77. The average molecular weight is 261 g/mol. The molecule has 1 saturated carbocycles. The van der Waals surface area contributed by atoms with E-state index in [4.69, 9.17) is 4.74 Å². The molecule has 104 valence electrons. The number of piperidine rings is 1. The molecular formula is C16H23NO2. The van der Waals surface area contributed by atoms with Crippen molar-refractivity contribution in [1.29, 1.82) is 0 Å². The number of hydrogen-bond acceptors (Lipinski definition) is 3. The Morgan fingerprint density at radius 3 is 2.53 bits per heavy atom. The van der Waals surface area contributed by atoms with Crippen molar-refractivity contribution in [3.8, 4) is 5.75 Å². The Kier molecular flexibility index (Phi) is 3.27. The maximum absolute atomic E-state index is 10.8. The van der Waals surface area contributed by atoms with Crippen LogP contribution >= 0.6 is 0 Å². The molecule has 2 aliphatic rings. The summed E-state index contributed by atoms with van der Waals surface area (Å²) in [6, 6.07) is 8.45. The monoisotopic (exact) mass is 261 g/mol. The summed E-state index contributed by atoms with van der Waals surface area (Å²) in [5.74, 6) is 0.927. The van der Waals surface area contributed by atoms with Gasteiger partial charge < -0.3 is 14.7 Å². The number of aliphatic hydroxyl groups is 1. The Labute approximate surface area is 115 Å². The first-order chi connectivity index (χ1) is 9.07. The number of likely N-dealkylation sites (tertiary alicyclic amines) is 1. The highest BCUT2D eigenvalue weighted by molar-refractivity contribution is 5.31. The third-order valence-electron chi connectivity index (χ3n) is 4.48. The first-order valence-corrected chi connectivity index (χ1v) is 7.27. The van der Waals surface area contributed by atoms with Gasteiger partial charge in [0.25, 0.3) is 0 Å². The maximum atomic E-state index is 10.8. The van der Waals surface area contributed by atoms with Crippen molar-refractivity contribution in [2.24, 2.45) is 0 Å². The van der Waals surface area contributed by atoms with Gasteiger partial charge in [0.05, 0.1) is 11.7 Å². The second-order valence-electron chi connectivity index (χ2n) is 6.16. The Hall–Kier alpha value is -1.06. The zero-order valence-corrected chi connectivity index (χ0v) is 11.8. The van der Waals surface area contributed by atoms with Gasteiger partial charge in [-0.25, -0.2) is 0 Å². The number of ether oxygens (including phenoxy) is 1. The molecule has 1 heterocycles. The highest BCUT2D eigenvalue weighted by Crippen LogP contribution is 2.36. The standard InChI is InChI=1S/C16H23NO2/c1-12-11-16(18,9-10-17(12)2)13-3-5-14(6-4-13)19-15-7-8-15/h3-6,12,15,18H,7-11H2,1-2H3. The van der Waals surface area contributed by atoms with Gasteiger partial charge in [-0.2, -0.15) is 0 Å². The van der Waals surface area contributed by atoms with Crippen LogP contribution in [-0.4, -0.2) is 35.7 Å². The summed E-state index contributed by atoms with van der Waals surface area (Å²) in [5, 5.41) is 10.8. The molecule has 0 radical (unpaired) electrons. The fourth-order valence-corrected chi connectivity index (χ4v) is 2.81. The Bertz CT molecular complexity index is 441. The lowest BCUT2D eigenvalue weighted by molar-refractivity contribution is -0.0408. The van der Waals surface area contributed by atoms with Crippen LogP contribution in [0, 0.1) is 0 Å². The Morgan fingerprint density at radius 2 is 1.95 bits per heavy atom. The van der Waals surface area contributed by atoms with Gasteiger partial charge in [-0.15, -0.1) is 0 Å². The van der Waals surface area contributed by atoms with Gasteiger partial charge in [-0.05, 0) is 57.4 Å². The summed E-state index contributed by atoms with van der Waals surface area (Å²) in [6.07, 6.45) is 4.38. The van der Waals surface area contributed by atoms with Crippen molar-refractivity contribution in [2.75, 3.05) is 13.6 Å². The van der Waals surface area contributed by atoms with Crippen molar-refractivity contribution in [1.82, 2.24) is 4.90 Å². The van der Waals surface area contributed by atoms with Crippen molar-refractivity contribution in [3.05, 3.63) is 29.8 Å². The van der Waals surface area contributed by atoms with E-state index in [1.807, 2.05) is 24.3 Å². The lowest BCUT2D eigenvalue weighted by atomic mass is 9.81. The van der Waals surface area contributed by atoms with Gasteiger partial charge in [0.1, 0.15) is 5.75 Å². The fraction of sp³-hybridized carbons (Fsp3) is 0.625. The second-order valence-corrected chi connectivity index (χ2v) is 6.16. The highest BCUT2D eigenvalue weighted by atomic mass is 16.5. The normalized spacial score (nSPS) is 32.3. The first-order valence-electron chi connectivity index (χ1n) is 7.27. The minimum absolute atomic E-state index is 0.418. The van der Waals surface area contributed by atoms with E-state index in [0.29, 0.717) is 12.1 Å². The van der Waals surface area contributed by atoms with E-state index in [1.165, 1.54) is 12.8 Å². The molecule has 0 spiro atoms. The molecule has 19 heavy (non-hydrogen) atoms. The number of rotatable bonds is 3. The van der Waals surface area contributed by atoms with E-state index in [1.54, 1.807) is 0 Å². The molecule has 0 amide bonds. The Morgan fingerprint density at radius 1 is 1.26 bits per heavy atom. The predicted molar refractivity (Wildman–Crippen MR) is 75.3 cm³/mol. The highest BCUT2D eigenvalue weighted by Gasteiger charge is 2.36. The smallest absolute Gasteiger partial charge is 0.119 e. The van der Waals surface area contributed by atoms with Crippen molar-refractivity contribution in [2.45, 2.75) is 50.4 Å². The van der Waals surface area contributed by atoms with Crippen LogP contribution in [0.25, 0.3) is 0 Å². The Balaban J connectivity index is 1.73. The molecule has 2 fully saturated rings. The maximum Gasteiger partial charge on any atom is 0.119 e. The zero-order chi connectivity index (χ0) is 13.5. The molecule has 1 aromatic rings. The molecule has 1 aromatic carbocycles. The van der Waals surface area contributed by atoms with E-state index >= 15 is 0 Å². The first kappa shape index (κ1) is 12.9. The average Bonchev–Trinajstić information content (AvgIpc) is 3.19. The lowest BCUT2D eigenvalue weighted by Crippen LogP contribution is -2.45. The molecule has 1 aliphatic heterocycles. The van der Waals surface area contributed by atoms with Crippen molar-refractivity contribution >= 4 is 0 Å². The van der Waals surface area contributed by atoms with E-state index < -0.39 is 5.60 Å². The number of nitrogens with zero attached hydrogens (tertiary/aromatic N) is 1. The molecule has 1 N–H and O–H groups in total. The quantitative estimate of drug-likeness (QED) is 0.907. The van der Waals surface area contributed by atoms with Crippen LogP contribution in [0.4, 0.5) is 0 Å². The van der Waals surface area contributed by atoms with Crippen LogP contribution in [-0.2, 0) is 5.60 Å². The van der Waals surface area contributed by atoms with Crippen LogP contribution in [0.1, 0.15) is 38.2 Å². The molecule has 3 heteroatoms. The van der Waals surface area contributed by atoms with E-state index in [0.717, 1.165) is 30.7 Å². The predicted octanol–water partition coefficient (Wildman–Crippen LogP) is 2.53. The van der Waals surface area contributed by atoms with E-state index in [9.17, 15) is 5.11 Å².